The van der Waals surface area contributed by atoms with Gasteiger partial charge < -0.3 is 19.7 Å². The van der Waals surface area contributed by atoms with E-state index < -0.39 is 16.9 Å². The van der Waals surface area contributed by atoms with Crippen LogP contribution in [0.1, 0.15) is 5.56 Å². The summed E-state index contributed by atoms with van der Waals surface area (Å²) in [4.78, 5) is 12.4. The molecule has 3 rings (SSSR count). The van der Waals surface area contributed by atoms with E-state index in [0.29, 0.717) is 11.1 Å². The lowest BCUT2D eigenvalue weighted by Crippen LogP contribution is -2.04. The molecule has 3 N–H and O–H groups in total. The van der Waals surface area contributed by atoms with Crippen LogP contribution in [-0.4, -0.2) is 15.3 Å². The summed E-state index contributed by atoms with van der Waals surface area (Å²) in [6.45, 7) is 3.60. The van der Waals surface area contributed by atoms with Gasteiger partial charge in [0.15, 0.2) is 5.76 Å². The molecule has 5 nitrogen and oxygen atoms in total. The highest BCUT2D eigenvalue weighted by Crippen LogP contribution is 2.38. The lowest BCUT2D eigenvalue weighted by atomic mass is 10.0. The Bertz CT molecular complexity index is 955. The van der Waals surface area contributed by atoms with Crippen molar-refractivity contribution in [2.45, 2.75) is 6.42 Å². The van der Waals surface area contributed by atoms with Gasteiger partial charge in [-0.05, 0) is 6.42 Å². The lowest BCUT2D eigenvalue weighted by molar-refractivity contribution is 0.435. The molecule has 0 radical (unpaired) electrons. The summed E-state index contributed by atoms with van der Waals surface area (Å²) in [5.74, 6) is -1.26. The molecule has 3 aromatic rings. The minimum atomic E-state index is -0.757. The number of benzene rings is 2. The Labute approximate surface area is 131 Å². The zero-order valence-corrected chi connectivity index (χ0v) is 12.1. The van der Waals surface area contributed by atoms with Gasteiger partial charge in [-0.15, -0.1) is 6.58 Å². The van der Waals surface area contributed by atoms with Gasteiger partial charge in [0, 0.05) is 17.2 Å². The molecule has 0 saturated heterocycles. The van der Waals surface area contributed by atoms with E-state index in [-0.39, 0.29) is 28.9 Å². The molecule has 0 fully saturated rings. The molecule has 0 aliphatic heterocycles. The minimum absolute atomic E-state index is 0.0154. The Kier molecular flexibility index (Phi) is 3.54. The Balaban J connectivity index is 2.47. The second-order valence-corrected chi connectivity index (χ2v) is 5.07. The molecule has 2 aromatic carbocycles. The second-order valence-electron chi connectivity index (χ2n) is 5.07. The van der Waals surface area contributed by atoms with Crippen LogP contribution in [0, 0.1) is 0 Å². The summed E-state index contributed by atoms with van der Waals surface area (Å²) in [6, 6.07) is 9.69. The molecule has 5 heteroatoms. The molecule has 0 bridgehead atoms. The number of aromatic hydroxyl groups is 3. The van der Waals surface area contributed by atoms with Gasteiger partial charge in [0.25, 0.3) is 0 Å². The van der Waals surface area contributed by atoms with Gasteiger partial charge in [0.2, 0.25) is 11.2 Å². The van der Waals surface area contributed by atoms with E-state index in [2.05, 4.69) is 6.58 Å². The first-order valence-electron chi connectivity index (χ1n) is 6.94. The lowest BCUT2D eigenvalue weighted by Gasteiger charge is -2.11. The van der Waals surface area contributed by atoms with Crippen LogP contribution in [0.3, 0.4) is 0 Å². The Morgan fingerprint density at radius 1 is 1.09 bits per heavy atom. The predicted octanol–water partition coefficient (Wildman–Crippen LogP) is 3.31. The van der Waals surface area contributed by atoms with E-state index in [4.69, 9.17) is 4.42 Å². The number of hydrogen-bond donors (Lipinski definition) is 3. The maximum atomic E-state index is 12.4. The standard InChI is InChI=1S/C18H14O5/c1-2-6-11-12(19)9-13(20)14-15(21)16(22)17(23-18(11)14)10-7-4-3-5-8-10/h2-5,7-9,19-20,22H,1,6H2. The van der Waals surface area contributed by atoms with Gasteiger partial charge in [-0.2, -0.15) is 0 Å². The van der Waals surface area contributed by atoms with Crippen molar-refractivity contribution in [3.63, 3.8) is 0 Å². The van der Waals surface area contributed by atoms with Crippen molar-refractivity contribution in [2.24, 2.45) is 0 Å². The van der Waals surface area contributed by atoms with E-state index in [1.807, 2.05) is 0 Å². The maximum absolute atomic E-state index is 12.4. The Morgan fingerprint density at radius 2 is 1.78 bits per heavy atom. The third-order valence-corrected chi connectivity index (χ3v) is 3.59. The molecule has 0 saturated carbocycles. The molecule has 116 valence electrons. The first kappa shape index (κ1) is 14.7. The molecule has 0 aliphatic rings. The zero-order valence-electron chi connectivity index (χ0n) is 12.1. The summed E-state index contributed by atoms with van der Waals surface area (Å²) in [6.07, 6.45) is 1.78. The highest BCUT2D eigenvalue weighted by atomic mass is 16.4. The second kappa shape index (κ2) is 5.53. The van der Waals surface area contributed by atoms with Crippen LogP contribution < -0.4 is 5.43 Å². The van der Waals surface area contributed by atoms with Gasteiger partial charge in [0.1, 0.15) is 22.5 Å². The van der Waals surface area contributed by atoms with E-state index in [1.54, 1.807) is 36.4 Å². The fraction of sp³-hybridized carbons (Fsp3) is 0.0556. The number of phenolic OH excluding ortho intramolecular Hbond substituents is 2. The average Bonchev–Trinajstić information content (AvgIpc) is 2.54. The van der Waals surface area contributed by atoms with Crippen LogP contribution >= 0.6 is 0 Å². The van der Waals surface area contributed by atoms with Gasteiger partial charge in [-0.3, -0.25) is 4.79 Å². The van der Waals surface area contributed by atoms with E-state index in [1.165, 1.54) is 0 Å². The van der Waals surface area contributed by atoms with E-state index in [0.717, 1.165) is 6.07 Å². The number of fused-ring (bicyclic) bond motifs is 1. The summed E-state index contributed by atoms with van der Waals surface area (Å²) < 4.78 is 5.69. The van der Waals surface area contributed by atoms with Crippen LogP contribution in [-0.2, 0) is 6.42 Å². The molecule has 0 atom stereocenters. The monoisotopic (exact) mass is 310 g/mol. The number of phenols is 2. The molecule has 23 heavy (non-hydrogen) atoms. The Hall–Kier alpha value is -3.21. The fourth-order valence-corrected chi connectivity index (χ4v) is 2.50. The van der Waals surface area contributed by atoms with Crippen LogP contribution in [0.2, 0.25) is 0 Å². The topological polar surface area (TPSA) is 90.9 Å². The smallest absolute Gasteiger partial charge is 0.238 e. The summed E-state index contributed by atoms with van der Waals surface area (Å²) in [5.41, 5.74) is 0.107. The molecule has 0 amide bonds. The Morgan fingerprint density at radius 3 is 2.43 bits per heavy atom. The molecule has 0 spiro atoms. The SMILES string of the molecule is C=CCc1c(O)cc(O)c2c(=O)c(O)c(-c3ccccc3)oc12. The zero-order chi connectivity index (χ0) is 16.6. The molecule has 0 aliphatic carbocycles. The van der Waals surface area contributed by atoms with Crippen LogP contribution in [0.5, 0.6) is 17.2 Å². The number of hydrogen-bond acceptors (Lipinski definition) is 5. The van der Waals surface area contributed by atoms with Crippen molar-refractivity contribution in [1.29, 1.82) is 0 Å². The summed E-state index contributed by atoms with van der Waals surface area (Å²) >= 11 is 0. The first-order chi connectivity index (χ1) is 11.0. The van der Waals surface area contributed by atoms with E-state index in [9.17, 15) is 20.1 Å². The molecule has 1 aromatic heterocycles. The fourth-order valence-electron chi connectivity index (χ4n) is 2.50. The molecular formula is C18H14O5. The normalized spacial score (nSPS) is 10.8. The van der Waals surface area contributed by atoms with Crippen LogP contribution in [0.4, 0.5) is 0 Å². The summed E-state index contributed by atoms with van der Waals surface area (Å²) in [7, 11) is 0. The first-order valence-corrected chi connectivity index (χ1v) is 6.94. The van der Waals surface area contributed by atoms with Gasteiger partial charge in [0.05, 0.1) is 0 Å². The van der Waals surface area contributed by atoms with Crippen LogP contribution in [0.15, 0.2) is 58.3 Å². The quantitative estimate of drug-likeness (QED) is 0.646. The summed E-state index contributed by atoms with van der Waals surface area (Å²) in [5, 5.41) is 30.0. The molecule has 0 unspecified atom stereocenters. The third kappa shape index (κ3) is 2.32. The van der Waals surface area contributed by atoms with Gasteiger partial charge in [-0.1, -0.05) is 36.4 Å². The van der Waals surface area contributed by atoms with Gasteiger partial charge >= 0.3 is 0 Å². The number of allylic oxidation sites excluding steroid dienone is 1. The van der Waals surface area contributed by atoms with Gasteiger partial charge in [-0.25, -0.2) is 0 Å². The van der Waals surface area contributed by atoms with Crippen molar-refractivity contribution in [3.05, 3.63) is 64.8 Å². The van der Waals surface area contributed by atoms with Crippen molar-refractivity contribution in [2.75, 3.05) is 0 Å². The largest absolute Gasteiger partial charge is 0.507 e. The maximum Gasteiger partial charge on any atom is 0.238 e. The van der Waals surface area contributed by atoms with Crippen molar-refractivity contribution in [3.8, 4) is 28.6 Å². The van der Waals surface area contributed by atoms with Crippen molar-refractivity contribution < 1.29 is 19.7 Å². The average molecular weight is 310 g/mol. The van der Waals surface area contributed by atoms with Crippen molar-refractivity contribution in [1.82, 2.24) is 0 Å². The van der Waals surface area contributed by atoms with Crippen LogP contribution in [0.25, 0.3) is 22.3 Å². The van der Waals surface area contributed by atoms with Crippen molar-refractivity contribution >= 4 is 11.0 Å². The molecular weight excluding hydrogens is 296 g/mol. The highest BCUT2D eigenvalue weighted by molar-refractivity contribution is 5.91. The highest BCUT2D eigenvalue weighted by Gasteiger charge is 2.21. The molecule has 1 heterocycles. The predicted molar refractivity (Wildman–Crippen MR) is 86.8 cm³/mol. The number of rotatable bonds is 3. The third-order valence-electron chi connectivity index (χ3n) is 3.59. The van der Waals surface area contributed by atoms with E-state index >= 15 is 0 Å². The minimum Gasteiger partial charge on any atom is -0.507 e.